The summed E-state index contributed by atoms with van der Waals surface area (Å²) in [4.78, 5) is 19.2. The topological polar surface area (TPSA) is 59.4 Å². The monoisotopic (exact) mass is 404 g/mol. The van der Waals surface area contributed by atoms with Crippen LogP contribution in [0.5, 0.6) is 5.75 Å². The van der Waals surface area contributed by atoms with Crippen molar-refractivity contribution in [2.45, 2.75) is 26.4 Å². The molecule has 1 aliphatic heterocycles. The molecule has 0 atom stereocenters. The van der Waals surface area contributed by atoms with Gasteiger partial charge in [-0.1, -0.05) is 30.3 Å². The van der Waals surface area contributed by atoms with Crippen LogP contribution in [0.3, 0.4) is 0 Å². The zero-order chi connectivity index (χ0) is 21.1. The molecule has 6 heteroatoms. The number of fused-ring (bicyclic) bond motifs is 1. The van der Waals surface area contributed by atoms with Crippen molar-refractivity contribution in [1.82, 2.24) is 19.8 Å². The lowest BCUT2D eigenvalue weighted by Crippen LogP contribution is -2.31. The van der Waals surface area contributed by atoms with E-state index in [0.717, 1.165) is 48.9 Å². The Morgan fingerprint density at radius 3 is 2.67 bits per heavy atom. The van der Waals surface area contributed by atoms with Gasteiger partial charge in [-0.3, -0.25) is 9.69 Å². The standard InChI is InChI=1S/C24H28N4O2/c1-4-30-22-8-6-5-7-19(22)15-28-14-13-20-21(16-28)27(3)23(26-20)17-9-11-18(12-10-17)24(29)25-2/h5-12H,4,13-16H2,1-3H3,(H,25,29). The summed E-state index contributed by atoms with van der Waals surface area (Å²) in [5, 5.41) is 2.65. The van der Waals surface area contributed by atoms with Gasteiger partial charge in [0.1, 0.15) is 11.6 Å². The first-order valence-electron chi connectivity index (χ1n) is 10.4. The molecule has 0 radical (unpaired) electrons. The highest BCUT2D eigenvalue weighted by atomic mass is 16.5. The highest BCUT2D eigenvalue weighted by Gasteiger charge is 2.24. The van der Waals surface area contributed by atoms with Crippen molar-refractivity contribution in [1.29, 1.82) is 0 Å². The summed E-state index contributed by atoms with van der Waals surface area (Å²) in [5.41, 5.74) is 5.31. The van der Waals surface area contributed by atoms with Gasteiger partial charge in [0, 0.05) is 56.8 Å². The van der Waals surface area contributed by atoms with E-state index in [2.05, 4.69) is 34.0 Å². The summed E-state index contributed by atoms with van der Waals surface area (Å²) in [5.74, 6) is 1.83. The molecule has 0 bridgehead atoms. The fourth-order valence-electron chi connectivity index (χ4n) is 4.02. The number of hydrogen-bond acceptors (Lipinski definition) is 4. The number of carbonyl (C=O) groups is 1. The van der Waals surface area contributed by atoms with Crippen LogP contribution in [0.15, 0.2) is 48.5 Å². The molecule has 2 aromatic carbocycles. The Morgan fingerprint density at radius 2 is 1.93 bits per heavy atom. The molecule has 3 aromatic rings. The van der Waals surface area contributed by atoms with E-state index in [1.54, 1.807) is 7.05 Å². The first kappa shape index (κ1) is 20.2. The number of hydrogen-bond donors (Lipinski definition) is 1. The predicted molar refractivity (Wildman–Crippen MR) is 117 cm³/mol. The third kappa shape index (κ3) is 3.96. The first-order chi connectivity index (χ1) is 14.6. The summed E-state index contributed by atoms with van der Waals surface area (Å²) in [6.45, 7) is 5.37. The van der Waals surface area contributed by atoms with Crippen LogP contribution in [0.25, 0.3) is 11.4 Å². The normalized spacial score (nSPS) is 13.7. The third-order valence-corrected chi connectivity index (χ3v) is 5.63. The quantitative estimate of drug-likeness (QED) is 0.684. The minimum atomic E-state index is -0.0799. The predicted octanol–water partition coefficient (Wildman–Crippen LogP) is 3.40. The molecular weight excluding hydrogens is 376 g/mol. The molecule has 6 nitrogen and oxygen atoms in total. The number of para-hydroxylation sites is 1. The summed E-state index contributed by atoms with van der Waals surface area (Å²) < 4.78 is 7.98. The Morgan fingerprint density at radius 1 is 1.17 bits per heavy atom. The zero-order valence-electron chi connectivity index (χ0n) is 17.8. The molecule has 0 aliphatic carbocycles. The van der Waals surface area contributed by atoms with Crippen LogP contribution in [0.2, 0.25) is 0 Å². The van der Waals surface area contributed by atoms with Crippen LogP contribution in [-0.2, 0) is 26.6 Å². The van der Waals surface area contributed by atoms with E-state index in [1.807, 2.05) is 43.3 Å². The summed E-state index contributed by atoms with van der Waals surface area (Å²) in [7, 11) is 3.72. The molecule has 1 N–H and O–H groups in total. The van der Waals surface area contributed by atoms with Crippen LogP contribution in [0, 0.1) is 0 Å². The van der Waals surface area contributed by atoms with Crippen molar-refractivity contribution in [3.8, 4) is 17.1 Å². The lowest BCUT2D eigenvalue weighted by Gasteiger charge is -2.27. The van der Waals surface area contributed by atoms with Crippen LogP contribution in [-0.4, -0.2) is 40.6 Å². The molecule has 0 spiro atoms. The molecule has 4 rings (SSSR count). The van der Waals surface area contributed by atoms with E-state index in [9.17, 15) is 4.79 Å². The van der Waals surface area contributed by atoms with Crippen molar-refractivity contribution in [3.05, 3.63) is 71.0 Å². The molecule has 156 valence electrons. The fraction of sp³-hybridized carbons (Fsp3) is 0.333. The summed E-state index contributed by atoms with van der Waals surface area (Å²) in [6, 6.07) is 15.9. The Labute approximate surface area is 177 Å². The molecule has 0 unspecified atom stereocenters. The van der Waals surface area contributed by atoms with Gasteiger partial charge in [-0.05, 0) is 25.1 Å². The van der Waals surface area contributed by atoms with Gasteiger partial charge in [-0.2, -0.15) is 0 Å². The number of ether oxygens (including phenoxy) is 1. The second-order valence-electron chi connectivity index (χ2n) is 7.55. The third-order valence-electron chi connectivity index (χ3n) is 5.63. The number of aromatic nitrogens is 2. The van der Waals surface area contributed by atoms with Crippen LogP contribution in [0.4, 0.5) is 0 Å². The SMILES string of the molecule is CCOc1ccccc1CN1CCc2nc(-c3ccc(C(=O)NC)cc3)n(C)c2C1. The number of imidazole rings is 1. The fourth-order valence-corrected chi connectivity index (χ4v) is 4.02. The maximum absolute atomic E-state index is 11.8. The summed E-state index contributed by atoms with van der Waals surface area (Å²) >= 11 is 0. The van der Waals surface area contributed by atoms with Gasteiger partial charge in [0.15, 0.2) is 0 Å². The largest absolute Gasteiger partial charge is 0.494 e. The molecule has 1 aromatic heterocycles. The second-order valence-corrected chi connectivity index (χ2v) is 7.55. The smallest absolute Gasteiger partial charge is 0.251 e. The minimum Gasteiger partial charge on any atom is -0.494 e. The summed E-state index contributed by atoms with van der Waals surface area (Å²) in [6.07, 6.45) is 0.927. The minimum absolute atomic E-state index is 0.0799. The first-order valence-corrected chi connectivity index (χ1v) is 10.4. The van der Waals surface area contributed by atoms with Gasteiger partial charge in [-0.25, -0.2) is 4.98 Å². The van der Waals surface area contributed by atoms with E-state index in [-0.39, 0.29) is 5.91 Å². The molecule has 0 fully saturated rings. The van der Waals surface area contributed by atoms with Crippen LogP contribution < -0.4 is 10.1 Å². The molecule has 0 saturated heterocycles. The van der Waals surface area contributed by atoms with Gasteiger partial charge < -0.3 is 14.6 Å². The van der Waals surface area contributed by atoms with E-state index in [0.29, 0.717) is 12.2 Å². The Balaban J connectivity index is 1.54. The number of carbonyl (C=O) groups excluding carboxylic acids is 1. The Kier molecular flexibility index (Phi) is 5.86. The van der Waals surface area contributed by atoms with Gasteiger partial charge in [-0.15, -0.1) is 0 Å². The Hall–Kier alpha value is -3.12. The van der Waals surface area contributed by atoms with Gasteiger partial charge in [0.05, 0.1) is 18.0 Å². The van der Waals surface area contributed by atoms with E-state index < -0.39 is 0 Å². The number of amides is 1. The van der Waals surface area contributed by atoms with Gasteiger partial charge in [0.25, 0.3) is 5.91 Å². The van der Waals surface area contributed by atoms with E-state index in [4.69, 9.17) is 9.72 Å². The number of benzene rings is 2. The zero-order valence-corrected chi connectivity index (χ0v) is 17.8. The molecule has 30 heavy (non-hydrogen) atoms. The van der Waals surface area contributed by atoms with Crippen molar-refractivity contribution in [3.63, 3.8) is 0 Å². The maximum atomic E-state index is 11.8. The molecule has 0 saturated carbocycles. The van der Waals surface area contributed by atoms with Crippen molar-refractivity contribution in [2.75, 3.05) is 20.2 Å². The molecule has 2 heterocycles. The van der Waals surface area contributed by atoms with Gasteiger partial charge >= 0.3 is 0 Å². The molecule has 1 aliphatic rings. The number of nitrogens with zero attached hydrogens (tertiary/aromatic N) is 3. The van der Waals surface area contributed by atoms with Crippen molar-refractivity contribution in [2.24, 2.45) is 7.05 Å². The Bertz CT molecular complexity index is 1040. The number of rotatable bonds is 6. The maximum Gasteiger partial charge on any atom is 0.251 e. The van der Waals surface area contributed by atoms with Gasteiger partial charge in [0.2, 0.25) is 0 Å². The average molecular weight is 405 g/mol. The van der Waals surface area contributed by atoms with Crippen LogP contribution in [0.1, 0.15) is 34.2 Å². The molecule has 1 amide bonds. The number of nitrogens with one attached hydrogen (secondary N) is 1. The van der Waals surface area contributed by atoms with Crippen molar-refractivity contribution >= 4 is 5.91 Å². The lowest BCUT2D eigenvalue weighted by molar-refractivity contribution is 0.0963. The lowest BCUT2D eigenvalue weighted by atomic mass is 10.1. The van der Waals surface area contributed by atoms with Crippen molar-refractivity contribution < 1.29 is 9.53 Å². The molecular formula is C24H28N4O2. The highest BCUT2D eigenvalue weighted by molar-refractivity contribution is 5.94. The van der Waals surface area contributed by atoms with E-state index >= 15 is 0 Å². The van der Waals surface area contributed by atoms with E-state index in [1.165, 1.54) is 11.3 Å². The second kappa shape index (κ2) is 8.71. The van der Waals surface area contributed by atoms with Crippen LogP contribution >= 0.6 is 0 Å². The average Bonchev–Trinajstić information content (AvgIpc) is 3.11. The highest BCUT2D eigenvalue weighted by Crippen LogP contribution is 2.28.